The van der Waals surface area contributed by atoms with Crippen molar-refractivity contribution in [3.8, 4) is 197 Å². The molecule has 0 N–H and O–H groups in total. The van der Waals surface area contributed by atoms with Crippen LogP contribution in [0.5, 0.6) is 0 Å². The van der Waals surface area contributed by atoms with Crippen LogP contribution in [0.3, 0.4) is 0 Å². The highest BCUT2D eigenvalue weighted by Gasteiger charge is 2.32. The van der Waals surface area contributed by atoms with Crippen molar-refractivity contribution in [1.82, 2.24) is 53.6 Å². The normalized spacial score (nSPS) is 11.4. The first kappa shape index (κ1) is 89.2. The predicted molar refractivity (Wildman–Crippen MR) is 615 cm³/mol. The Kier molecular flexibility index (Phi) is 23.2. The molecule has 27 aromatic rings. The molecule has 0 radical (unpaired) electrons. The van der Waals surface area contributed by atoms with Gasteiger partial charge in [-0.15, -0.1) is 0 Å². The second kappa shape index (κ2) is 38.8. The van der Waals surface area contributed by atoms with Crippen molar-refractivity contribution >= 4 is 65.4 Å². The zero-order valence-corrected chi connectivity index (χ0v) is 81.6. The summed E-state index contributed by atoms with van der Waals surface area (Å²) in [6, 6.07) is 186. The van der Waals surface area contributed by atoms with Crippen molar-refractivity contribution in [2.45, 2.75) is 13.8 Å². The molecule has 0 aliphatic carbocycles. The summed E-state index contributed by atoms with van der Waals surface area (Å²) in [5.41, 5.74) is 38.5. The van der Waals surface area contributed by atoms with Gasteiger partial charge in [0.15, 0.2) is 23.3 Å². The third-order valence-corrected chi connectivity index (χ3v) is 28.3. The predicted octanol–water partition coefficient (Wildman–Crippen LogP) is 35.1. The molecule has 0 unspecified atom stereocenters. The lowest BCUT2D eigenvalue weighted by atomic mass is 9.96. The number of aryl methyl sites for hydroxylation is 2. The molecule has 0 spiro atoms. The van der Waals surface area contributed by atoms with E-state index in [0.29, 0.717) is 23.3 Å². The van der Waals surface area contributed by atoms with Crippen molar-refractivity contribution in [3.63, 3.8) is 0 Å². The molecule has 0 atom stereocenters. The minimum Gasteiger partial charge on any atom is -0.308 e. The fourth-order valence-electron chi connectivity index (χ4n) is 21.2. The van der Waals surface area contributed by atoms with Gasteiger partial charge in [-0.2, -0.15) is 0 Å². The first-order chi connectivity index (χ1) is 73.7. The van der Waals surface area contributed by atoms with Gasteiger partial charge in [-0.3, -0.25) is 0 Å². The van der Waals surface area contributed by atoms with Crippen LogP contribution in [0.2, 0.25) is 0 Å². The summed E-state index contributed by atoms with van der Waals surface area (Å²) in [5.74, 6) is 2.44. The molecule has 27 rings (SSSR count). The van der Waals surface area contributed by atoms with Crippen LogP contribution >= 0.6 is 0 Å². The molecule has 149 heavy (non-hydrogen) atoms. The molecular formula is C138H93N11. The average molecular weight is 1910 g/mol. The molecule has 11 heteroatoms. The maximum absolute atomic E-state index is 5.79. The van der Waals surface area contributed by atoms with E-state index in [1.54, 1.807) is 0 Å². The molecule has 0 saturated heterocycles. The minimum absolute atomic E-state index is 0.594. The Hall–Kier alpha value is -19.9. The Morgan fingerprint density at radius 2 is 0.369 bits per heavy atom. The van der Waals surface area contributed by atoms with Gasteiger partial charge >= 0.3 is 0 Å². The van der Waals surface area contributed by atoms with E-state index in [9.17, 15) is 0 Å². The topological polar surface area (TPSA) is 118 Å². The first-order valence-corrected chi connectivity index (χ1v) is 50.4. The SMILES string of the molecule is Cc1ccc2c(c1)c1cc(C)ccc1n2-c1c(-c2cc(-c3ccccc3)nc(-c3ccccc3)n2)ccc(-n2c3ccc(-c4ccccc4)cc3c3cc(-c4ccccc4)ccc32)c1-c1cc(-c2ccccc2)nc(-c2ccccc2)n1.c1ccc(-c2ccc3c(c2)c2cc(-c4ccccc4)ccc2n3-c2c(-c3nc(-c4ccccc4)cc(-c4ccccc4)n3)cccc2-c2nc(-c3ccccc3)cc(-c3ccccc3)n2)cc1. The molecule has 0 saturated carbocycles. The van der Waals surface area contributed by atoms with E-state index in [-0.39, 0.29) is 0 Å². The number of fused-ring (bicyclic) bond motifs is 9. The van der Waals surface area contributed by atoms with Crippen LogP contribution in [0.25, 0.3) is 263 Å². The van der Waals surface area contributed by atoms with E-state index in [0.717, 1.165) is 239 Å². The largest absolute Gasteiger partial charge is 0.308 e. The molecule has 0 aliphatic heterocycles. The second-order valence-electron chi connectivity index (χ2n) is 37.8. The third-order valence-electron chi connectivity index (χ3n) is 28.3. The standard InChI is InChI=1S/C76H52N6.C62H41N5/c1-49-33-38-70-60(43-49)61-44-50(2)34-39-71(61)82(70)74-59(66-47-64(53-25-13-5-14-26-53)77-75(79-66)55-29-17-7-18-30-55)37-42-72(73(74)67-48-65(54-27-15-6-16-28-54)78-76(80-67)56-31-19-8-20-32-56)81-68-40-35-57(51-21-9-3-10-22-51)45-62(68)63-46-58(36-41-69(63)81)52-23-11-4-12-24-52;1-7-20-42(21-8-1)48-34-36-58-52(38-48)53-39-49(43-22-9-2-10-23-43)35-37-59(53)67(58)60-50(61-63-54(44-24-11-3-12-25-44)40-55(64-61)45-26-13-4-14-27-45)32-19-33-51(60)62-65-56(46-28-15-5-16-29-46)41-57(66-62)47-30-17-6-18-31-47/h3-48H,1-2H3;1-41H. The molecule has 7 aromatic heterocycles. The van der Waals surface area contributed by atoms with Gasteiger partial charge in [0.25, 0.3) is 0 Å². The van der Waals surface area contributed by atoms with E-state index < -0.39 is 0 Å². The summed E-state index contributed by atoms with van der Waals surface area (Å²) in [7, 11) is 0. The average Bonchev–Trinajstić information content (AvgIpc) is 1.56. The minimum atomic E-state index is 0.594. The number of rotatable bonds is 19. The summed E-state index contributed by atoms with van der Waals surface area (Å²) >= 11 is 0. The maximum atomic E-state index is 5.79. The summed E-state index contributed by atoms with van der Waals surface area (Å²) in [5, 5.41) is 6.86. The molecule has 0 amide bonds. The number of nitrogens with zero attached hydrogens (tertiary/aromatic N) is 11. The third kappa shape index (κ3) is 17.1. The maximum Gasteiger partial charge on any atom is 0.162 e. The van der Waals surface area contributed by atoms with E-state index in [4.69, 9.17) is 39.9 Å². The van der Waals surface area contributed by atoms with Crippen molar-refractivity contribution in [2.24, 2.45) is 0 Å². The van der Waals surface area contributed by atoms with Crippen LogP contribution in [-0.4, -0.2) is 53.6 Å². The van der Waals surface area contributed by atoms with Crippen LogP contribution < -0.4 is 0 Å². The fourth-order valence-corrected chi connectivity index (χ4v) is 21.2. The summed E-state index contributed by atoms with van der Waals surface area (Å²) in [4.78, 5) is 43.9. The van der Waals surface area contributed by atoms with Gasteiger partial charge in [-0.1, -0.05) is 418 Å². The molecule has 0 aliphatic rings. The zero-order chi connectivity index (χ0) is 99.2. The highest BCUT2D eigenvalue weighted by atomic mass is 15.1. The van der Waals surface area contributed by atoms with E-state index in [2.05, 4.69) is 513 Å². The van der Waals surface area contributed by atoms with Gasteiger partial charge in [-0.05, 0) is 180 Å². The van der Waals surface area contributed by atoms with Crippen LogP contribution in [0, 0.1) is 13.8 Å². The molecule has 0 fully saturated rings. The van der Waals surface area contributed by atoms with E-state index >= 15 is 0 Å². The lowest BCUT2D eigenvalue weighted by molar-refractivity contribution is 1.11. The molecule has 7 heterocycles. The first-order valence-electron chi connectivity index (χ1n) is 50.4. The number of para-hydroxylation sites is 1. The number of aromatic nitrogens is 11. The lowest BCUT2D eigenvalue weighted by Gasteiger charge is -2.24. The second-order valence-corrected chi connectivity index (χ2v) is 37.8. The highest BCUT2D eigenvalue weighted by molar-refractivity contribution is 6.16. The summed E-state index contributed by atoms with van der Waals surface area (Å²) < 4.78 is 7.34. The van der Waals surface area contributed by atoms with Crippen LogP contribution in [-0.2, 0) is 0 Å². The van der Waals surface area contributed by atoms with Gasteiger partial charge in [-0.25, -0.2) is 39.9 Å². The molecule has 700 valence electrons. The smallest absolute Gasteiger partial charge is 0.162 e. The van der Waals surface area contributed by atoms with Gasteiger partial charge in [0.05, 0.1) is 95.7 Å². The molecule has 0 bridgehead atoms. The molecule has 20 aromatic carbocycles. The summed E-state index contributed by atoms with van der Waals surface area (Å²) in [6.07, 6.45) is 0. The molecular weight excluding hydrogens is 1810 g/mol. The fraction of sp³-hybridized carbons (Fsp3) is 0.0145. The molecule has 11 nitrogen and oxygen atoms in total. The van der Waals surface area contributed by atoms with Gasteiger partial charge in [0, 0.05) is 99.1 Å². The monoisotopic (exact) mass is 1900 g/mol. The Bertz CT molecular complexity index is 9090. The zero-order valence-electron chi connectivity index (χ0n) is 81.6. The van der Waals surface area contributed by atoms with Gasteiger partial charge in [0.1, 0.15) is 0 Å². The number of hydrogen-bond donors (Lipinski definition) is 0. The van der Waals surface area contributed by atoms with Crippen molar-refractivity contribution in [3.05, 3.63) is 539 Å². The van der Waals surface area contributed by atoms with Crippen molar-refractivity contribution in [2.75, 3.05) is 0 Å². The quantitative estimate of drug-likeness (QED) is 0.0786. The van der Waals surface area contributed by atoms with Crippen LogP contribution in [0.4, 0.5) is 0 Å². The number of hydrogen-bond acceptors (Lipinski definition) is 8. The Morgan fingerprint density at radius 3 is 0.671 bits per heavy atom. The number of benzene rings is 20. The summed E-state index contributed by atoms with van der Waals surface area (Å²) in [6.45, 7) is 4.36. The Balaban J connectivity index is 0.000000154. The van der Waals surface area contributed by atoms with Gasteiger partial charge in [0.2, 0.25) is 0 Å². The van der Waals surface area contributed by atoms with Crippen molar-refractivity contribution < 1.29 is 0 Å². The van der Waals surface area contributed by atoms with Crippen LogP contribution in [0.15, 0.2) is 528 Å². The van der Waals surface area contributed by atoms with Crippen LogP contribution in [0.1, 0.15) is 11.1 Å². The lowest BCUT2D eigenvalue weighted by Crippen LogP contribution is -2.08. The van der Waals surface area contributed by atoms with Crippen molar-refractivity contribution in [1.29, 1.82) is 0 Å². The van der Waals surface area contributed by atoms with E-state index in [1.165, 1.54) is 11.1 Å². The van der Waals surface area contributed by atoms with Gasteiger partial charge < -0.3 is 13.7 Å². The Morgan fingerprint density at radius 1 is 0.141 bits per heavy atom. The van der Waals surface area contributed by atoms with E-state index in [1.807, 2.05) is 42.5 Å². The Labute approximate surface area is 862 Å². The highest BCUT2D eigenvalue weighted by Crippen LogP contribution is 2.51.